The Bertz CT molecular complexity index is 175. The number of aliphatic hydroxyl groups excluding tert-OH is 2. The summed E-state index contributed by atoms with van der Waals surface area (Å²) in [5, 5.41) is 19.1. The smallest absolute Gasteiger partial charge is 0.0838 e. The molecule has 1 saturated carbocycles. The molecule has 0 radical (unpaired) electrons. The van der Waals surface area contributed by atoms with Crippen LogP contribution in [0.25, 0.3) is 0 Å². The minimum atomic E-state index is -0.598. The first-order chi connectivity index (χ1) is 5.52. The lowest BCUT2D eigenvalue weighted by Gasteiger charge is -2.35. The van der Waals surface area contributed by atoms with Crippen molar-refractivity contribution in [2.45, 2.75) is 38.9 Å². The zero-order valence-corrected chi connectivity index (χ0v) is 7.83. The molecule has 1 aliphatic rings. The number of hydrogen-bond acceptors (Lipinski definition) is 2. The van der Waals surface area contributed by atoms with Gasteiger partial charge in [-0.05, 0) is 24.7 Å². The van der Waals surface area contributed by atoms with E-state index in [1.807, 2.05) is 0 Å². The van der Waals surface area contributed by atoms with Crippen molar-refractivity contribution < 1.29 is 10.2 Å². The lowest BCUT2D eigenvalue weighted by molar-refractivity contribution is -0.0433. The summed E-state index contributed by atoms with van der Waals surface area (Å²) in [6.45, 7) is 8.00. The van der Waals surface area contributed by atoms with Crippen LogP contribution >= 0.6 is 0 Å². The molecule has 2 N–H and O–H groups in total. The van der Waals surface area contributed by atoms with Crippen molar-refractivity contribution in [1.29, 1.82) is 0 Å². The molecule has 0 bridgehead atoms. The van der Waals surface area contributed by atoms with Crippen LogP contribution in [0.15, 0.2) is 12.2 Å². The molecule has 0 heterocycles. The topological polar surface area (TPSA) is 40.5 Å². The average molecular weight is 170 g/mol. The molecule has 1 fully saturated rings. The maximum absolute atomic E-state index is 9.63. The van der Waals surface area contributed by atoms with Crippen molar-refractivity contribution >= 4 is 0 Å². The van der Waals surface area contributed by atoms with Gasteiger partial charge in [-0.15, -0.1) is 0 Å². The predicted octanol–water partition coefficient (Wildman–Crippen LogP) is 1.33. The number of rotatable bonds is 1. The van der Waals surface area contributed by atoms with Gasteiger partial charge in [0.25, 0.3) is 0 Å². The minimum absolute atomic E-state index is 0.182. The van der Waals surface area contributed by atoms with Crippen LogP contribution in [0.1, 0.15) is 26.7 Å². The van der Waals surface area contributed by atoms with Crippen LogP contribution in [0.2, 0.25) is 0 Å². The minimum Gasteiger partial charge on any atom is -0.390 e. The highest BCUT2D eigenvalue weighted by Crippen LogP contribution is 2.32. The standard InChI is InChI=1S/C10H18O2/c1-6(2)8-4-7(3)5-9(11)10(8)12/h6,8-12H,3-5H2,1-2H3/t8-,9+,10-/m0/s1. The Kier molecular flexibility index (Phi) is 2.91. The number of hydrogen-bond donors (Lipinski definition) is 2. The summed E-state index contributed by atoms with van der Waals surface area (Å²) in [7, 11) is 0. The second-order valence-corrected chi connectivity index (χ2v) is 4.12. The lowest BCUT2D eigenvalue weighted by Crippen LogP contribution is -2.40. The Morgan fingerprint density at radius 2 is 1.92 bits per heavy atom. The first-order valence-electron chi connectivity index (χ1n) is 4.55. The fourth-order valence-corrected chi connectivity index (χ4v) is 1.87. The molecular weight excluding hydrogens is 152 g/mol. The van der Waals surface area contributed by atoms with Crippen molar-refractivity contribution in [2.24, 2.45) is 11.8 Å². The zero-order valence-electron chi connectivity index (χ0n) is 7.83. The summed E-state index contributed by atoms with van der Waals surface area (Å²) in [5.41, 5.74) is 1.06. The van der Waals surface area contributed by atoms with E-state index in [4.69, 9.17) is 0 Å². The van der Waals surface area contributed by atoms with Crippen molar-refractivity contribution in [3.63, 3.8) is 0 Å². The van der Waals surface area contributed by atoms with Crippen molar-refractivity contribution in [3.8, 4) is 0 Å². The lowest BCUT2D eigenvalue weighted by atomic mass is 9.76. The summed E-state index contributed by atoms with van der Waals surface area (Å²) < 4.78 is 0. The Balaban J connectivity index is 2.66. The molecule has 0 spiro atoms. The second kappa shape index (κ2) is 3.58. The van der Waals surface area contributed by atoms with Gasteiger partial charge in [-0.1, -0.05) is 26.0 Å². The van der Waals surface area contributed by atoms with E-state index in [0.29, 0.717) is 12.3 Å². The molecule has 0 aliphatic heterocycles. The SMILES string of the molecule is C=C1C[C@@H](O)[C@@H](O)[C@H](C(C)C)C1. The van der Waals surface area contributed by atoms with E-state index in [1.54, 1.807) is 0 Å². The molecular formula is C10H18O2. The molecule has 70 valence electrons. The van der Waals surface area contributed by atoms with E-state index >= 15 is 0 Å². The van der Waals surface area contributed by atoms with E-state index in [-0.39, 0.29) is 5.92 Å². The molecule has 0 aromatic rings. The monoisotopic (exact) mass is 170 g/mol. The van der Waals surface area contributed by atoms with Crippen LogP contribution in [0.5, 0.6) is 0 Å². The summed E-state index contributed by atoms with van der Waals surface area (Å²) in [6, 6.07) is 0. The first kappa shape index (κ1) is 9.75. The first-order valence-corrected chi connectivity index (χ1v) is 4.55. The Hall–Kier alpha value is -0.340. The van der Waals surface area contributed by atoms with Crippen LogP contribution in [-0.2, 0) is 0 Å². The third kappa shape index (κ3) is 1.87. The van der Waals surface area contributed by atoms with E-state index in [9.17, 15) is 10.2 Å². The van der Waals surface area contributed by atoms with E-state index in [1.165, 1.54) is 0 Å². The van der Waals surface area contributed by atoms with Gasteiger partial charge in [0, 0.05) is 0 Å². The fraction of sp³-hybridized carbons (Fsp3) is 0.800. The molecule has 2 nitrogen and oxygen atoms in total. The Morgan fingerprint density at radius 3 is 2.42 bits per heavy atom. The van der Waals surface area contributed by atoms with Crippen molar-refractivity contribution in [3.05, 3.63) is 12.2 Å². The normalized spacial score (nSPS) is 37.4. The maximum atomic E-state index is 9.63. The molecule has 0 saturated heterocycles. The fourth-order valence-electron chi connectivity index (χ4n) is 1.87. The largest absolute Gasteiger partial charge is 0.390 e. The Labute approximate surface area is 73.9 Å². The molecule has 2 heteroatoms. The van der Waals surface area contributed by atoms with Gasteiger partial charge in [-0.3, -0.25) is 0 Å². The van der Waals surface area contributed by atoms with Gasteiger partial charge >= 0.3 is 0 Å². The van der Waals surface area contributed by atoms with Crippen LogP contribution in [-0.4, -0.2) is 22.4 Å². The van der Waals surface area contributed by atoms with E-state index in [2.05, 4.69) is 20.4 Å². The van der Waals surface area contributed by atoms with E-state index < -0.39 is 12.2 Å². The van der Waals surface area contributed by atoms with Crippen LogP contribution in [0.3, 0.4) is 0 Å². The highest BCUT2D eigenvalue weighted by molar-refractivity contribution is 5.06. The summed E-state index contributed by atoms with van der Waals surface area (Å²) in [5.74, 6) is 0.591. The maximum Gasteiger partial charge on any atom is 0.0838 e. The van der Waals surface area contributed by atoms with Gasteiger partial charge in [-0.2, -0.15) is 0 Å². The van der Waals surface area contributed by atoms with E-state index in [0.717, 1.165) is 12.0 Å². The van der Waals surface area contributed by atoms with Gasteiger partial charge in [0.05, 0.1) is 12.2 Å². The molecule has 0 unspecified atom stereocenters. The third-order valence-corrected chi connectivity index (χ3v) is 2.71. The molecule has 0 aromatic carbocycles. The van der Waals surface area contributed by atoms with Crippen molar-refractivity contribution in [2.75, 3.05) is 0 Å². The van der Waals surface area contributed by atoms with Gasteiger partial charge in [0.2, 0.25) is 0 Å². The predicted molar refractivity (Wildman–Crippen MR) is 48.7 cm³/mol. The Morgan fingerprint density at radius 1 is 1.33 bits per heavy atom. The molecule has 3 atom stereocenters. The van der Waals surface area contributed by atoms with Crippen molar-refractivity contribution in [1.82, 2.24) is 0 Å². The van der Waals surface area contributed by atoms with Crippen LogP contribution in [0.4, 0.5) is 0 Å². The number of aliphatic hydroxyl groups is 2. The quantitative estimate of drug-likeness (QED) is 0.583. The molecule has 0 aromatic heterocycles. The van der Waals surface area contributed by atoms with Crippen LogP contribution in [0, 0.1) is 11.8 Å². The third-order valence-electron chi connectivity index (χ3n) is 2.71. The molecule has 1 aliphatic carbocycles. The van der Waals surface area contributed by atoms with Gasteiger partial charge in [0.1, 0.15) is 0 Å². The summed E-state index contributed by atoms with van der Waals surface area (Å²) >= 11 is 0. The summed E-state index contributed by atoms with van der Waals surface area (Å²) in [6.07, 6.45) is 0.259. The highest BCUT2D eigenvalue weighted by atomic mass is 16.3. The molecule has 1 rings (SSSR count). The van der Waals surface area contributed by atoms with Gasteiger partial charge in [0.15, 0.2) is 0 Å². The molecule has 0 amide bonds. The van der Waals surface area contributed by atoms with Gasteiger partial charge < -0.3 is 10.2 Å². The van der Waals surface area contributed by atoms with Gasteiger partial charge in [-0.25, -0.2) is 0 Å². The molecule has 12 heavy (non-hydrogen) atoms. The van der Waals surface area contributed by atoms with Crippen LogP contribution < -0.4 is 0 Å². The summed E-state index contributed by atoms with van der Waals surface area (Å²) in [4.78, 5) is 0. The zero-order chi connectivity index (χ0) is 9.30. The second-order valence-electron chi connectivity index (χ2n) is 4.12. The highest BCUT2D eigenvalue weighted by Gasteiger charge is 2.33. The average Bonchev–Trinajstić information content (AvgIpc) is 1.96.